The standard InChI is InChI=1S/C34H33FN6O5/c1-40(2)33(43)21-3-6-23(7-4-21)36-34(44)37-24-8-11-26(28(35)20-24)31-38-29-19-22(30-12-9-25(46-30)13-16-42)5-10-27(29)32(39-31)41-14-17-45-18-15-41/h3-12,19-20,42H,13-18H2,1-2H3,(H2,36,37,44). The van der Waals surface area contributed by atoms with Crippen LogP contribution in [0.1, 0.15) is 16.1 Å². The maximum Gasteiger partial charge on any atom is 0.323 e. The molecule has 0 unspecified atom stereocenters. The van der Waals surface area contributed by atoms with Crippen LogP contribution < -0.4 is 15.5 Å². The lowest BCUT2D eigenvalue weighted by atomic mass is 10.1. The van der Waals surface area contributed by atoms with E-state index in [0.29, 0.717) is 66.8 Å². The second-order valence-corrected chi connectivity index (χ2v) is 11.0. The third kappa shape index (κ3) is 6.67. The van der Waals surface area contributed by atoms with Gasteiger partial charge in [-0.2, -0.15) is 0 Å². The van der Waals surface area contributed by atoms with E-state index in [4.69, 9.17) is 19.1 Å². The molecule has 5 aromatic rings. The molecular formula is C34H33FN6O5. The first kappa shape index (κ1) is 30.7. The number of urea groups is 1. The number of nitrogens with one attached hydrogen (secondary N) is 2. The molecule has 1 aliphatic rings. The van der Waals surface area contributed by atoms with Gasteiger partial charge in [0.05, 0.1) is 30.9 Å². The summed E-state index contributed by atoms with van der Waals surface area (Å²) in [6.07, 6.45) is 0.416. The van der Waals surface area contributed by atoms with E-state index in [2.05, 4.69) is 15.5 Å². The molecule has 3 N–H and O–H groups in total. The van der Waals surface area contributed by atoms with Crippen molar-refractivity contribution in [3.63, 3.8) is 0 Å². The van der Waals surface area contributed by atoms with Gasteiger partial charge in [-0.3, -0.25) is 4.79 Å². The van der Waals surface area contributed by atoms with Crippen LogP contribution in [0.25, 0.3) is 33.6 Å². The highest BCUT2D eigenvalue weighted by atomic mass is 19.1. The zero-order valence-corrected chi connectivity index (χ0v) is 25.4. The van der Waals surface area contributed by atoms with Crippen molar-refractivity contribution in [2.45, 2.75) is 6.42 Å². The van der Waals surface area contributed by atoms with E-state index in [1.165, 1.54) is 17.0 Å². The van der Waals surface area contributed by atoms with Crippen LogP contribution in [0.3, 0.4) is 0 Å². The van der Waals surface area contributed by atoms with Crippen molar-refractivity contribution in [3.05, 3.63) is 89.9 Å². The molecule has 1 aliphatic heterocycles. The minimum atomic E-state index is -0.604. The van der Waals surface area contributed by atoms with Crippen LogP contribution in [0.5, 0.6) is 0 Å². The number of carbonyl (C=O) groups is 2. The van der Waals surface area contributed by atoms with Gasteiger partial charge in [-0.15, -0.1) is 0 Å². The maximum atomic E-state index is 15.6. The van der Waals surface area contributed by atoms with Gasteiger partial charge in [0.15, 0.2) is 5.82 Å². The molecule has 46 heavy (non-hydrogen) atoms. The van der Waals surface area contributed by atoms with Crippen molar-refractivity contribution in [2.24, 2.45) is 0 Å². The van der Waals surface area contributed by atoms with Gasteiger partial charge in [0.25, 0.3) is 5.91 Å². The van der Waals surface area contributed by atoms with Crippen molar-refractivity contribution in [3.8, 4) is 22.7 Å². The fraction of sp³-hybridized carbons (Fsp3) is 0.235. The number of rotatable bonds is 8. The third-order valence-electron chi connectivity index (χ3n) is 7.56. The molecule has 0 atom stereocenters. The van der Waals surface area contributed by atoms with Crippen LogP contribution in [0.4, 0.5) is 26.4 Å². The van der Waals surface area contributed by atoms with Gasteiger partial charge in [-0.05, 0) is 66.7 Å². The minimum Gasteiger partial charge on any atom is -0.461 e. The normalized spacial score (nSPS) is 13.1. The topological polar surface area (TPSA) is 133 Å². The summed E-state index contributed by atoms with van der Waals surface area (Å²) in [7, 11) is 3.33. The molecule has 236 valence electrons. The number of hydrogen-bond acceptors (Lipinski definition) is 8. The smallest absolute Gasteiger partial charge is 0.323 e. The van der Waals surface area contributed by atoms with E-state index in [-0.39, 0.29) is 29.6 Å². The number of halogens is 1. The van der Waals surface area contributed by atoms with Crippen LogP contribution in [-0.2, 0) is 11.2 Å². The van der Waals surface area contributed by atoms with Crippen molar-refractivity contribution >= 4 is 40.0 Å². The lowest BCUT2D eigenvalue weighted by Gasteiger charge is -2.29. The second kappa shape index (κ2) is 13.3. The van der Waals surface area contributed by atoms with Crippen LogP contribution in [-0.4, -0.2) is 78.9 Å². The van der Waals surface area contributed by atoms with Gasteiger partial charge in [-0.1, -0.05) is 6.07 Å². The highest BCUT2D eigenvalue weighted by Gasteiger charge is 2.21. The zero-order valence-electron chi connectivity index (χ0n) is 25.4. The number of aliphatic hydroxyl groups excluding tert-OH is 1. The molecule has 0 aliphatic carbocycles. The first-order valence-electron chi connectivity index (χ1n) is 14.8. The average molecular weight is 625 g/mol. The quantitative estimate of drug-likeness (QED) is 0.209. The fourth-order valence-electron chi connectivity index (χ4n) is 5.20. The number of amides is 3. The Morgan fingerprint density at radius 1 is 0.935 bits per heavy atom. The van der Waals surface area contributed by atoms with Crippen LogP contribution in [0, 0.1) is 5.82 Å². The lowest BCUT2D eigenvalue weighted by Crippen LogP contribution is -2.37. The van der Waals surface area contributed by atoms with E-state index < -0.39 is 11.8 Å². The van der Waals surface area contributed by atoms with Crippen molar-refractivity contribution in [1.29, 1.82) is 0 Å². The molecule has 0 spiro atoms. The lowest BCUT2D eigenvalue weighted by molar-refractivity contribution is 0.0827. The summed E-state index contributed by atoms with van der Waals surface area (Å²) in [4.78, 5) is 37.9. The summed E-state index contributed by atoms with van der Waals surface area (Å²) in [6.45, 7) is 2.35. The molecule has 3 heterocycles. The van der Waals surface area contributed by atoms with Gasteiger partial charge in [0.1, 0.15) is 23.2 Å². The van der Waals surface area contributed by atoms with E-state index in [0.717, 1.165) is 10.9 Å². The van der Waals surface area contributed by atoms with Gasteiger partial charge >= 0.3 is 6.03 Å². The summed E-state index contributed by atoms with van der Waals surface area (Å²) in [5.74, 6) is 1.43. The number of morpholine rings is 1. The number of carbonyl (C=O) groups excluding carboxylic acids is 2. The van der Waals surface area contributed by atoms with E-state index in [1.807, 2.05) is 30.3 Å². The van der Waals surface area contributed by atoms with E-state index >= 15 is 4.39 Å². The Balaban J connectivity index is 1.26. The van der Waals surface area contributed by atoms with Gasteiger partial charge in [-0.25, -0.2) is 19.2 Å². The molecule has 0 radical (unpaired) electrons. The molecule has 0 bridgehead atoms. The molecule has 11 nitrogen and oxygen atoms in total. The molecule has 0 saturated carbocycles. The Kier molecular flexibility index (Phi) is 8.90. The summed E-state index contributed by atoms with van der Waals surface area (Å²) >= 11 is 0. The number of fused-ring (bicyclic) bond motifs is 1. The first-order valence-corrected chi connectivity index (χ1v) is 14.8. The summed E-state index contributed by atoms with van der Waals surface area (Å²) in [6, 6.07) is 19.7. The van der Waals surface area contributed by atoms with E-state index in [1.54, 1.807) is 44.4 Å². The zero-order chi connectivity index (χ0) is 32.2. The molecule has 1 fully saturated rings. The van der Waals surface area contributed by atoms with Crippen LogP contribution >= 0.6 is 0 Å². The highest BCUT2D eigenvalue weighted by Crippen LogP contribution is 2.33. The third-order valence-corrected chi connectivity index (χ3v) is 7.56. The summed E-state index contributed by atoms with van der Waals surface area (Å²) < 4.78 is 27.1. The summed E-state index contributed by atoms with van der Waals surface area (Å²) in [5.41, 5.74) is 2.79. The SMILES string of the molecule is CN(C)C(=O)c1ccc(NC(=O)Nc2ccc(-c3nc(N4CCOCC4)c4ccc(-c5ccc(CCO)o5)cc4n3)c(F)c2)cc1. The van der Waals surface area contributed by atoms with Crippen molar-refractivity contribution in [2.75, 3.05) is 62.5 Å². The average Bonchev–Trinajstić information content (AvgIpc) is 3.53. The number of ether oxygens (including phenoxy) is 1. The molecule has 2 aromatic heterocycles. The molecule has 6 rings (SSSR count). The molecular weight excluding hydrogens is 591 g/mol. The maximum absolute atomic E-state index is 15.6. The number of nitrogens with zero attached hydrogens (tertiary/aromatic N) is 4. The Labute approximate surface area is 264 Å². The number of benzene rings is 3. The van der Waals surface area contributed by atoms with Crippen molar-refractivity contribution in [1.82, 2.24) is 14.9 Å². The molecule has 3 aromatic carbocycles. The highest BCUT2D eigenvalue weighted by molar-refractivity contribution is 6.01. The number of furan rings is 1. The van der Waals surface area contributed by atoms with E-state index in [9.17, 15) is 14.7 Å². The largest absolute Gasteiger partial charge is 0.461 e. The Hall–Kier alpha value is -5.33. The minimum absolute atomic E-state index is 0.0109. The number of hydrogen-bond donors (Lipinski definition) is 3. The van der Waals surface area contributed by atoms with Crippen LogP contribution in [0.15, 0.2) is 77.2 Å². The van der Waals surface area contributed by atoms with Gasteiger partial charge < -0.3 is 34.7 Å². The number of anilines is 3. The predicted molar refractivity (Wildman–Crippen MR) is 174 cm³/mol. The first-order chi connectivity index (χ1) is 22.3. The summed E-state index contributed by atoms with van der Waals surface area (Å²) in [5, 5.41) is 15.4. The van der Waals surface area contributed by atoms with Crippen molar-refractivity contribution < 1.29 is 28.2 Å². The monoisotopic (exact) mass is 624 g/mol. The van der Waals surface area contributed by atoms with Crippen LogP contribution in [0.2, 0.25) is 0 Å². The van der Waals surface area contributed by atoms with Gasteiger partial charge in [0, 0.05) is 61.5 Å². The number of aliphatic hydroxyl groups is 1. The molecule has 3 amide bonds. The Bertz CT molecular complexity index is 1890. The van der Waals surface area contributed by atoms with Gasteiger partial charge in [0.2, 0.25) is 0 Å². The second-order valence-electron chi connectivity index (χ2n) is 11.0. The Morgan fingerprint density at radius 3 is 2.39 bits per heavy atom. The predicted octanol–water partition coefficient (Wildman–Crippen LogP) is 5.41. The fourth-order valence-corrected chi connectivity index (χ4v) is 5.20. The number of aromatic nitrogens is 2. The molecule has 1 saturated heterocycles. The molecule has 12 heteroatoms. The Morgan fingerprint density at radius 2 is 1.67 bits per heavy atom.